The van der Waals surface area contributed by atoms with Crippen molar-refractivity contribution >= 4 is 21.6 Å². The maximum Gasteiger partial charge on any atom is 0.245 e. The van der Waals surface area contributed by atoms with Crippen LogP contribution in [0.5, 0.6) is 5.75 Å². The molecule has 0 bridgehead atoms. The van der Waals surface area contributed by atoms with Gasteiger partial charge in [-0.2, -0.15) is 9.29 Å². The number of aromatic nitrogens is 2. The van der Waals surface area contributed by atoms with Crippen molar-refractivity contribution in [1.82, 2.24) is 14.4 Å². The first-order chi connectivity index (χ1) is 12.3. The molecule has 4 rings (SSSR count). The Bertz CT molecular complexity index is 961. The number of fused-ring (bicyclic) bond motifs is 1. The summed E-state index contributed by atoms with van der Waals surface area (Å²) in [6, 6.07) is 2.26. The van der Waals surface area contributed by atoms with E-state index >= 15 is 0 Å². The maximum absolute atomic E-state index is 13.2. The summed E-state index contributed by atoms with van der Waals surface area (Å²) in [4.78, 5) is 4.19. The van der Waals surface area contributed by atoms with Crippen molar-refractivity contribution in [3.63, 3.8) is 0 Å². The molecule has 1 aromatic carbocycles. The number of aliphatic hydroxyl groups excluding tert-OH is 1. The minimum Gasteiger partial charge on any atom is -0.489 e. The third kappa shape index (κ3) is 2.88. The lowest BCUT2D eigenvalue weighted by Crippen LogP contribution is -2.32. The number of aliphatic hydroxyl groups is 1. The number of sulfonamides is 1. The van der Waals surface area contributed by atoms with Gasteiger partial charge < -0.3 is 14.4 Å². The van der Waals surface area contributed by atoms with Crippen LogP contribution in [0.2, 0.25) is 5.02 Å². The predicted octanol–water partition coefficient (Wildman–Crippen LogP) is 1.85. The standard InChI is InChI=1S/C16H18ClN3O5S/c1-8-3-10-4-12(6-13(17)15(10)24-8)26(22,23)20-7-11(21)5-14(20)16-18-9(2)19-25-16/h4,6,8,11,14,21H,3,5,7H2,1-2H3/t8-,11-,14+/m0/s1. The molecule has 2 aromatic rings. The topological polar surface area (TPSA) is 106 Å². The van der Waals surface area contributed by atoms with Gasteiger partial charge in [-0.3, -0.25) is 0 Å². The van der Waals surface area contributed by atoms with E-state index in [1.807, 2.05) is 6.92 Å². The number of benzene rings is 1. The third-order valence-corrected chi connectivity index (χ3v) is 6.72. The monoisotopic (exact) mass is 399 g/mol. The molecule has 1 N–H and O–H groups in total. The van der Waals surface area contributed by atoms with Crippen molar-refractivity contribution in [2.24, 2.45) is 0 Å². The van der Waals surface area contributed by atoms with Crippen LogP contribution in [0.15, 0.2) is 21.6 Å². The van der Waals surface area contributed by atoms with E-state index in [1.54, 1.807) is 13.0 Å². The molecule has 0 spiro atoms. The zero-order chi connectivity index (χ0) is 18.6. The Morgan fingerprint density at radius 1 is 1.38 bits per heavy atom. The number of nitrogens with zero attached hydrogens (tertiary/aromatic N) is 3. The first kappa shape index (κ1) is 17.7. The number of hydrogen-bond acceptors (Lipinski definition) is 7. The number of ether oxygens (including phenoxy) is 1. The smallest absolute Gasteiger partial charge is 0.245 e. The van der Waals surface area contributed by atoms with E-state index < -0.39 is 22.2 Å². The molecule has 0 aliphatic carbocycles. The summed E-state index contributed by atoms with van der Waals surface area (Å²) in [6.07, 6.45) is -0.0779. The van der Waals surface area contributed by atoms with Crippen molar-refractivity contribution in [1.29, 1.82) is 0 Å². The van der Waals surface area contributed by atoms with Crippen LogP contribution in [0.4, 0.5) is 0 Å². The minimum atomic E-state index is -3.92. The van der Waals surface area contributed by atoms with Crippen LogP contribution in [0.1, 0.15) is 36.7 Å². The molecule has 1 aromatic heterocycles. The molecule has 2 aliphatic rings. The van der Waals surface area contributed by atoms with Crippen LogP contribution >= 0.6 is 11.6 Å². The molecule has 0 radical (unpaired) electrons. The highest BCUT2D eigenvalue weighted by Crippen LogP contribution is 2.41. The highest BCUT2D eigenvalue weighted by atomic mass is 35.5. The largest absolute Gasteiger partial charge is 0.489 e. The van der Waals surface area contributed by atoms with Gasteiger partial charge in [-0.25, -0.2) is 8.42 Å². The van der Waals surface area contributed by atoms with Gasteiger partial charge in [0.25, 0.3) is 0 Å². The van der Waals surface area contributed by atoms with Crippen LogP contribution in [-0.2, 0) is 16.4 Å². The summed E-state index contributed by atoms with van der Waals surface area (Å²) in [7, 11) is -3.92. The van der Waals surface area contributed by atoms with Crippen LogP contribution in [0.25, 0.3) is 0 Å². The lowest BCUT2D eigenvalue weighted by molar-refractivity contribution is 0.188. The van der Waals surface area contributed by atoms with Crippen LogP contribution in [-0.4, -0.2) is 46.7 Å². The molecule has 1 saturated heterocycles. The van der Waals surface area contributed by atoms with Crippen LogP contribution in [0, 0.1) is 6.92 Å². The van der Waals surface area contributed by atoms with Crippen molar-refractivity contribution < 1.29 is 22.8 Å². The van der Waals surface area contributed by atoms with Gasteiger partial charge in [0, 0.05) is 24.9 Å². The Hall–Kier alpha value is -1.68. The molecule has 140 valence electrons. The van der Waals surface area contributed by atoms with Crippen LogP contribution < -0.4 is 4.74 Å². The third-order valence-electron chi connectivity index (χ3n) is 4.59. The zero-order valence-electron chi connectivity index (χ0n) is 14.2. The van der Waals surface area contributed by atoms with Gasteiger partial charge in [-0.15, -0.1) is 0 Å². The second kappa shape index (κ2) is 6.19. The van der Waals surface area contributed by atoms with Gasteiger partial charge in [0.05, 0.1) is 16.0 Å². The second-order valence-electron chi connectivity index (χ2n) is 6.69. The Labute approximate surface area is 155 Å². The fraction of sp³-hybridized carbons (Fsp3) is 0.500. The molecule has 0 unspecified atom stereocenters. The molecular formula is C16H18ClN3O5S. The Morgan fingerprint density at radius 3 is 2.85 bits per heavy atom. The van der Waals surface area contributed by atoms with Crippen LogP contribution in [0.3, 0.4) is 0 Å². The van der Waals surface area contributed by atoms with Crippen molar-refractivity contribution in [2.45, 2.75) is 49.8 Å². The Kier molecular flexibility index (Phi) is 4.22. The number of β-amino-alcohol motifs (C(OH)–C–C–N with tert-alkyl or cyclic N) is 1. The quantitative estimate of drug-likeness (QED) is 0.839. The lowest BCUT2D eigenvalue weighted by atomic mass is 10.1. The van der Waals surface area contributed by atoms with Crippen molar-refractivity contribution in [2.75, 3.05) is 6.54 Å². The molecule has 3 heterocycles. The molecule has 2 aliphatic heterocycles. The van der Waals surface area contributed by atoms with E-state index in [0.717, 1.165) is 5.56 Å². The van der Waals surface area contributed by atoms with E-state index in [2.05, 4.69) is 10.1 Å². The lowest BCUT2D eigenvalue weighted by Gasteiger charge is -2.21. The first-order valence-corrected chi connectivity index (χ1v) is 10.1. The summed E-state index contributed by atoms with van der Waals surface area (Å²) < 4.78 is 38.4. The van der Waals surface area contributed by atoms with E-state index in [0.29, 0.717) is 18.0 Å². The maximum atomic E-state index is 13.2. The van der Waals surface area contributed by atoms with Gasteiger partial charge in [0.2, 0.25) is 15.9 Å². The van der Waals surface area contributed by atoms with Gasteiger partial charge in [0.1, 0.15) is 17.9 Å². The summed E-state index contributed by atoms with van der Waals surface area (Å²) in [5, 5.41) is 14.0. The Balaban J connectivity index is 1.74. The second-order valence-corrected chi connectivity index (χ2v) is 8.98. The molecule has 1 fully saturated rings. The molecule has 8 nitrogen and oxygen atoms in total. The van der Waals surface area contributed by atoms with Gasteiger partial charge >= 0.3 is 0 Å². The van der Waals surface area contributed by atoms with E-state index in [4.69, 9.17) is 20.9 Å². The number of rotatable bonds is 3. The zero-order valence-corrected chi connectivity index (χ0v) is 15.8. The number of aryl methyl sites for hydroxylation is 1. The number of hydrogen-bond donors (Lipinski definition) is 1. The van der Waals surface area contributed by atoms with Crippen molar-refractivity contribution in [3.05, 3.63) is 34.4 Å². The van der Waals surface area contributed by atoms with Gasteiger partial charge in [-0.1, -0.05) is 16.8 Å². The molecule has 0 saturated carbocycles. The fourth-order valence-electron chi connectivity index (χ4n) is 3.47. The summed E-state index contributed by atoms with van der Waals surface area (Å²) in [5.41, 5.74) is 0.758. The molecule has 26 heavy (non-hydrogen) atoms. The molecule has 0 amide bonds. The average molecular weight is 400 g/mol. The molecule has 10 heteroatoms. The summed E-state index contributed by atoms with van der Waals surface area (Å²) >= 11 is 6.24. The van der Waals surface area contributed by atoms with E-state index in [9.17, 15) is 13.5 Å². The average Bonchev–Trinajstić information content (AvgIpc) is 3.25. The molecule has 3 atom stereocenters. The summed E-state index contributed by atoms with van der Waals surface area (Å²) in [5.74, 6) is 1.11. The highest BCUT2D eigenvalue weighted by molar-refractivity contribution is 7.89. The SMILES string of the molecule is Cc1noc([C@H]2C[C@H](O)CN2S(=O)(=O)c2cc(Cl)c3c(c2)C[C@H](C)O3)n1. The van der Waals surface area contributed by atoms with Gasteiger partial charge in [0.15, 0.2) is 5.82 Å². The first-order valence-electron chi connectivity index (χ1n) is 8.25. The summed E-state index contributed by atoms with van der Waals surface area (Å²) in [6.45, 7) is 3.50. The minimum absolute atomic E-state index is 0.0456. The highest BCUT2D eigenvalue weighted by Gasteiger charge is 2.43. The molecular weight excluding hydrogens is 382 g/mol. The van der Waals surface area contributed by atoms with E-state index in [-0.39, 0.29) is 34.9 Å². The van der Waals surface area contributed by atoms with Crippen molar-refractivity contribution in [3.8, 4) is 5.75 Å². The van der Waals surface area contributed by atoms with E-state index in [1.165, 1.54) is 10.4 Å². The Morgan fingerprint density at radius 2 is 2.15 bits per heavy atom. The predicted molar refractivity (Wildman–Crippen MR) is 91.5 cm³/mol. The van der Waals surface area contributed by atoms with Gasteiger partial charge in [-0.05, 0) is 26.0 Å². The number of halogens is 1. The normalized spacial score (nSPS) is 26.1. The fourth-order valence-corrected chi connectivity index (χ4v) is 5.52.